The van der Waals surface area contributed by atoms with E-state index in [2.05, 4.69) is 21.6 Å². The van der Waals surface area contributed by atoms with Gasteiger partial charge in [-0.15, -0.1) is 0 Å². The standard InChI is InChI=1S/C17H23F2N3O3/c1-20-5-7-21(8-6-20)14-10-22(11-15(14)23)16(24)12-3-2-4-13(9-12)25-17(18)19/h2-4,9,14-15,17,23H,5-8,10-11H2,1H3/t14-,15-/m0/s1. The van der Waals surface area contributed by atoms with Crippen molar-refractivity contribution in [1.82, 2.24) is 14.7 Å². The average molecular weight is 355 g/mol. The number of likely N-dealkylation sites (tertiary alicyclic amines) is 1. The van der Waals surface area contributed by atoms with Crippen LogP contribution in [0.4, 0.5) is 8.78 Å². The molecule has 3 rings (SSSR count). The fourth-order valence-electron chi connectivity index (χ4n) is 3.44. The molecule has 0 radical (unpaired) electrons. The largest absolute Gasteiger partial charge is 0.435 e. The van der Waals surface area contributed by atoms with Gasteiger partial charge in [0, 0.05) is 44.8 Å². The molecule has 138 valence electrons. The highest BCUT2D eigenvalue weighted by Gasteiger charge is 2.38. The van der Waals surface area contributed by atoms with Crippen molar-refractivity contribution in [3.05, 3.63) is 29.8 Å². The van der Waals surface area contributed by atoms with Gasteiger partial charge in [-0.1, -0.05) is 6.07 Å². The number of aliphatic hydroxyl groups is 1. The maximum Gasteiger partial charge on any atom is 0.387 e. The molecule has 1 N–H and O–H groups in total. The molecule has 2 aliphatic rings. The SMILES string of the molecule is CN1CCN([C@H]2CN(C(=O)c3cccc(OC(F)F)c3)C[C@@H]2O)CC1. The molecule has 0 bridgehead atoms. The number of carbonyl (C=O) groups is 1. The highest BCUT2D eigenvalue weighted by atomic mass is 19.3. The van der Waals surface area contributed by atoms with Crippen LogP contribution in [-0.2, 0) is 0 Å². The van der Waals surface area contributed by atoms with Gasteiger partial charge in [0.25, 0.3) is 5.91 Å². The number of carbonyl (C=O) groups excluding carboxylic acids is 1. The minimum atomic E-state index is -2.93. The molecular formula is C17H23F2N3O3. The third-order valence-electron chi connectivity index (χ3n) is 4.86. The second-order valence-corrected chi connectivity index (χ2v) is 6.59. The van der Waals surface area contributed by atoms with Gasteiger partial charge in [0.2, 0.25) is 0 Å². The number of β-amino-alcohol motifs (C(OH)–C–C–N with tert-alkyl or cyclic N) is 1. The molecular weight excluding hydrogens is 332 g/mol. The molecule has 0 aromatic heterocycles. The van der Waals surface area contributed by atoms with E-state index in [4.69, 9.17) is 0 Å². The second-order valence-electron chi connectivity index (χ2n) is 6.59. The van der Waals surface area contributed by atoms with Gasteiger partial charge in [0.15, 0.2) is 0 Å². The normalized spacial score (nSPS) is 25.6. The maximum absolute atomic E-state index is 12.7. The lowest BCUT2D eigenvalue weighted by Gasteiger charge is -2.37. The highest BCUT2D eigenvalue weighted by molar-refractivity contribution is 5.94. The number of hydrogen-bond donors (Lipinski definition) is 1. The Kier molecular flexibility index (Phi) is 5.51. The van der Waals surface area contributed by atoms with E-state index in [9.17, 15) is 18.7 Å². The Labute approximate surface area is 145 Å². The molecule has 25 heavy (non-hydrogen) atoms. The quantitative estimate of drug-likeness (QED) is 0.863. The average Bonchev–Trinajstić information content (AvgIpc) is 2.96. The van der Waals surface area contributed by atoms with Crippen LogP contribution in [0.5, 0.6) is 5.75 Å². The van der Waals surface area contributed by atoms with E-state index < -0.39 is 12.7 Å². The fraction of sp³-hybridized carbons (Fsp3) is 0.588. The molecule has 2 saturated heterocycles. The zero-order chi connectivity index (χ0) is 18.0. The van der Waals surface area contributed by atoms with Crippen molar-refractivity contribution < 1.29 is 23.4 Å². The Balaban J connectivity index is 1.65. The van der Waals surface area contributed by atoms with Crippen molar-refractivity contribution in [3.8, 4) is 5.75 Å². The molecule has 0 aliphatic carbocycles. The lowest BCUT2D eigenvalue weighted by molar-refractivity contribution is -0.0499. The molecule has 8 heteroatoms. The third kappa shape index (κ3) is 4.26. The molecule has 2 heterocycles. The Hall–Kier alpha value is -1.77. The van der Waals surface area contributed by atoms with Gasteiger partial charge in [0.1, 0.15) is 5.75 Å². The third-order valence-corrected chi connectivity index (χ3v) is 4.86. The first-order valence-corrected chi connectivity index (χ1v) is 8.39. The number of aliphatic hydroxyl groups excluding tert-OH is 1. The van der Waals surface area contributed by atoms with Crippen LogP contribution in [0.1, 0.15) is 10.4 Å². The summed E-state index contributed by atoms with van der Waals surface area (Å²) in [7, 11) is 2.06. The summed E-state index contributed by atoms with van der Waals surface area (Å²) in [5.41, 5.74) is 0.282. The van der Waals surface area contributed by atoms with Gasteiger partial charge in [-0.05, 0) is 25.2 Å². The summed E-state index contributed by atoms with van der Waals surface area (Å²) < 4.78 is 29.0. The van der Waals surface area contributed by atoms with E-state index in [1.165, 1.54) is 18.2 Å². The number of ether oxygens (including phenoxy) is 1. The minimum Gasteiger partial charge on any atom is -0.435 e. The predicted molar refractivity (Wildman–Crippen MR) is 87.8 cm³/mol. The van der Waals surface area contributed by atoms with Crippen LogP contribution in [0.3, 0.4) is 0 Å². The zero-order valence-electron chi connectivity index (χ0n) is 14.1. The van der Waals surface area contributed by atoms with E-state index in [1.54, 1.807) is 11.0 Å². The first-order chi connectivity index (χ1) is 11.9. The number of piperazine rings is 1. The van der Waals surface area contributed by atoms with Crippen LogP contribution in [0, 0.1) is 0 Å². The number of alkyl halides is 2. The highest BCUT2D eigenvalue weighted by Crippen LogP contribution is 2.22. The summed E-state index contributed by atoms with van der Waals surface area (Å²) in [6, 6.07) is 5.68. The number of rotatable bonds is 4. The number of benzene rings is 1. The van der Waals surface area contributed by atoms with Gasteiger partial charge in [-0.25, -0.2) is 0 Å². The Morgan fingerprint density at radius 1 is 1.24 bits per heavy atom. The topological polar surface area (TPSA) is 56.2 Å². The molecule has 0 unspecified atom stereocenters. The first kappa shape index (κ1) is 18.0. The maximum atomic E-state index is 12.7. The predicted octanol–water partition coefficient (Wildman–Crippen LogP) is 0.721. The van der Waals surface area contributed by atoms with Crippen LogP contribution in [0.2, 0.25) is 0 Å². The lowest BCUT2D eigenvalue weighted by atomic mass is 10.1. The number of halogens is 2. The van der Waals surface area contributed by atoms with Gasteiger partial charge < -0.3 is 19.6 Å². The molecule has 1 aromatic rings. The summed E-state index contributed by atoms with van der Waals surface area (Å²) >= 11 is 0. The Morgan fingerprint density at radius 3 is 2.64 bits per heavy atom. The Bertz CT molecular complexity index is 609. The van der Waals surface area contributed by atoms with E-state index in [1.807, 2.05) is 0 Å². The minimum absolute atomic E-state index is 0.0452. The summed E-state index contributed by atoms with van der Waals surface area (Å²) in [6.07, 6.45) is -0.604. The summed E-state index contributed by atoms with van der Waals surface area (Å²) in [6.45, 7) is 1.34. The van der Waals surface area contributed by atoms with Crippen LogP contribution in [0.25, 0.3) is 0 Å². The van der Waals surface area contributed by atoms with E-state index in [0.29, 0.717) is 6.54 Å². The summed E-state index contributed by atoms with van der Waals surface area (Å²) in [5.74, 6) is -0.327. The summed E-state index contributed by atoms with van der Waals surface area (Å²) in [5, 5.41) is 10.4. The van der Waals surface area contributed by atoms with Crippen molar-refractivity contribution in [3.63, 3.8) is 0 Å². The van der Waals surface area contributed by atoms with E-state index in [-0.39, 0.29) is 29.8 Å². The zero-order valence-corrected chi connectivity index (χ0v) is 14.1. The molecule has 2 fully saturated rings. The van der Waals surface area contributed by atoms with Gasteiger partial charge in [0.05, 0.1) is 12.1 Å². The smallest absolute Gasteiger partial charge is 0.387 e. The van der Waals surface area contributed by atoms with Crippen LogP contribution >= 0.6 is 0 Å². The number of amides is 1. The number of nitrogens with zero attached hydrogens (tertiary/aromatic N) is 3. The van der Waals surface area contributed by atoms with Crippen molar-refractivity contribution in [2.24, 2.45) is 0 Å². The molecule has 1 amide bonds. The van der Waals surface area contributed by atoms with Crippen molar-refractivity contribution >= 4 is 5.91 Å². The number of likely N-dealkylation sites (N-methyl/N-ethyl adjacent to an activating group) is 1. The van der Waals surface area contributed by atoms with Crippen LogP contribution in [-0.4, -0.2) is 90.8 Å². The van der Waals surface area contributed by atoms with Crippen molar-refractivity contribution in [1.29, 1.82) is 0 Å². The van der Waals surface area contributed by atoms with E-state index in [0.717, 1.165) is 26.2 Å². The molecule has 0 saturated carbocycles. The fourth-order valence-corrected chi connectivity index (χ4v) is 3.44. The van der Waals surface area contributed by atoms with Gasteiger partial charge in [-0.2, -0.15) is 8.78 Å². The number of hydrogen-bond acceptors (Lipinski definition) is 5. The lowest BCUT2D eigenvalue weighted by Crippen LogP contribution is -2.52. The molecule has 0 spiro atoms. The molecule has 6 nitrogen and oxygen atoms in total. The van der Waals surface area contributed by atoms with E-state index >= 15 is 0 Å². The summed E-state index contributed by atoms with van der Waals surface area (Å²) in [4.78, 5) is 18.7. The first-order valence-electron chi connectivity index (χ1n) is 8.39. The van der Waals surface area contributed by atoms with Gasteiger partial charge >= 0.3 is 6.61 Å². The van der Waals surface area contributed by atoms with Crippen LogP contribution in [0.15, 0.2) is 24.3 Å². The van der Waals surface area contributed by atoms with Crippen molar-refractivity contribution in [2.75, 3.05) is 46.3 Å². The van der Waals surface area contributed by atoms with Crippen molar-refractivity contribution in [2.45, 2.75) is 18.8 Å². The monoisotopic (exact) mass is 355 g/mol. The Morgan fingerprint density at radius 2 is 1.96 bits per heavy atom. The van der Waals surface area contributed by atoms with Crippen LogP contribution < -0.4 is 4.74 Å². The molecule has 1 aromatic carbocycles. The second kappa shape index (κ2) is 7.63. The molecule has 2 atom stereocenters. The van der Waals surface area contributed by atoms with Gasteiger partial charge in [-0.3, -0.25) is 9.69 Å². The molecule has 2 aliphatic heterocycles.